The van der Waals surface area contributed by atoms with Gasteiger partial charge in [-0.1, -0.05) is 18.2 Å². The van der Waals surface area contributed by atoms with E-state index in [4.69, 9.17) is 9.52 Å². The fourth-order valence-corrected chi connectivity index (χ4v) is 1.43. The Kier molecular flexibility index (Phi) is 2.52. The first kappa shape index (κ1) is 9.24. The molecule has 0 spiro atoms. The number of para-hydroxylation sites is 1. The van der Waals surface area contributed by atoms with Gasteiger partial charge < -0.3 is 14.6 Å². The third kappa shape index (κ3) is 1.64. The number of hydrogen-bond acceptors (Lipinski definition) is 3. The van der Waals surface area contributed by atoms with Crippen LogP contribution < -0.4 is 0 Å². The van der Waals surface area contributed by atoms with Crippen molar-refractivity contribution in [2.24, 2.45) is 0 Å². The van der Waals surface area contributed by atoms with Gasteiger partial charge in [0.2, 0.25) is 0 Å². The van der Waals surface area contributed by atoms with Gasteiger partial charge in [0.15, 0.2) is 0 Å². The van der Waals surface area contributed by atoms with Crippen molar-refractivity contribution < 1.29 is 14.6 Å². The van der Waals surface area contributed by atoms with Gasteiger partial charge in [0.25, 0.3) is 0 Å². The van der Waals surface area contributed by atoms with Gasteiger partial charge in [0.05, 0.1) is 0 Å². The van der Waals surface area contributed by atoms with Crippen molar-refractivity contribution in [2.75, 3.05) is 6.61 Å². The Hall–Kier alpha value is -1.32. The highest BCUT2D eigenvalue weighted by molar-refractivity contribution is 5.77. The van der Waals surface area contributed by atoms with E-state index in [0.717, 1.165) is 11.0 Å². The highest BCUT2D eigenvalue weighted by Crippen LogP contribution is 2.24. The standard InChI is InChI=1S/C11H12O3/c12-6-5-9(13)11-7-8-3-1-2-4-10(8)14-11/h1-4,7,9,12-13H,5-6H2. The van der Waals surface area contributed by atoms with Gasteiger partial charge in [-0.3, -0.25) is 0 Å². The second-order valence-corrected chi connectivity index (χ2v) is 3.21. The Morgan fingerprint density at radius 3 is 2.79 bits per heavy atom. The van der Waals surface area contributed by atoms with E-state index in [2.05, 4.69) is 0 Å². The molecule has 14 heavy (non-hydrogen) atoms. The summed E-state index contributed by atoms with van der Waals surface area (Å²) in [4.78, 5) is 0. The minimum atomic E-state index is -0.715. The number of aliphatic hydroxyl groups is 2. The molecule has 74 valence electrons. The van der Waals surface area contributed by atoms with Crippen molar-refractivity contribution in [2.45, 2.75) is 12.5 Å². The smallest absolute Gasteiger partial charge is 0.134 e. The molecule has 3 nitrogen and oxygen atoms in total. The van der Waals surface area contributed by atoms with E-state index in [1.165, 1.54) is 0 Å². The summed E-state index contributed by atoms with van der Waals surface area (Å²) in [5, 5.41) is 19.2. The van der Waals surface area contributed by atoms with E-state index in [1.807, 2.05) is 24.3 Å². The van der Waals surface area contributed by atoms with Crippen molar-refractivity contribution in [3.8, 4) is 0 Å². The van der Waals surface area contributed by atoms with Gasteiger partial charge in [-0.25, -0.2) is 0 Å². The topological polar surface area (TPSA) is 53.6 Å². The Morgan fingerprint density at radius 1 is 1.29 bits per heavy atom. The van der Waals surface area contributed by atoms with E-state index in [-0.39, 0.29) is 6.61 Å². The molecule has 0 saturated heterocycles. The summed E-state index contributed by atoms with van der Waals surface area (Å²) in [7, 11) is 0. The van der Waals surface area contributed by atoms with Crippen LogP contribution in [0.1, 0.15) is 18.3 Å². The highest BCUT2D eigenvalue weighted by Gasteiger charge is 2.11. The Bertz CT molecular complexity index is 386. The summed E-state index contributed by atoms with van der Waals surface area (Å²) in [6.45, 7) is -0.0434. The molecule has 0 aliphatic heterocycles. The summed E-state index contributed by atoms with van der Waals surface area (Å²) in [5.74, 6) is 0.514. The molecule has 0 fully saturated rings. The van der Waals surface area contributed by atoms with Gasteiger partial charge in [0.1, 0.15) is 17.4 Å². The predicted octanol–water partition coefficient (Wildman–Crippen LogP) is 1.85. The second-order valence-electron chi connectivity index (χ2n) is 3.21. The third-order valence-corrected chi connectivity index (χ3v) is 2.18. The number of furan rings is 1. The fourth-order valence-electron chi connectivity index (χ4n) is 1.43. The van der Waals surface area contributed by atoms with E-state index in [1.54, 1.807) is 6.07 Å². The van der Waals surface area contributed by atoms with E-state index >= 15 is 0 Å². The number of benzene rings is 1. The molecule has 1 aromatic carbocycles. The Morgan fingerprint density at radius 2 is 2.07 bits per heavy atom. The molecule has 3 heteroatoms. The average Bonchev–Trinajstić information content (AvgIpc) is 2.61. The van der Waals surface area contributed by atoms with Crippen molar-refractivity contribution in [1.82, 2.24) is 0 Å². The van der Waals surface area contributed by atoms with Crippen LogP contribution in [-0.2, 0) is 0 Å². The fraction of sp³-hybridized carbons (Fsp3) is 0.273. The summed E-state index contributed by atoms with van der Waals surface area (Å²) < 4.78 is 5.42. The first-order valence-corrected chi connectivity index (χ1v) is 4.58. The maximum Gasteiger partial charge on any atom is 0.134 e. The lowest BCUT2D eigenvalue weighted by Crippen LogP contribution is -1.97. The molecule has 1 unspecified atom stereocenters. The monoisotopic (exact) mass is 192 g/mol. The predicted molar refractivity (Wildman–Crippen MR) is 52.9 cm³/mol. The molecule has 1 aromatic heterocycles. The van der Waals surface area contributed by atoms with Crippen LogP contribution in [-0.4, -0.2) is 16.8 Å². The molecule has 2 rings (SSSR count). The Labute approximate surface area is 81.6 Å². The maximum atomic E-state index is 9.57. The molecule has 2 N–H and O–H groups in total. The number of hydrogen-bond donors (Lipinski definition) is 2. The summed E-state index contributed by atoms with van der Waals surface area (Å²) in [6, 6.07) is 9.38. The van der Waals surface area contributed by atoms with Crippen LogP contribution in [0.2, 0.25) is 0 Å². The number of rotatable bonds is 3. The van der Waals surface area contributed by atoms with Crippen molar-refractivity contribution >= 4 is 11.0 Å². The SMILES string of the molecule is OCCC(O)c1cc2ccccc2o1. The van der Waals surface area contributed by atoms with Gasteiger partial charge in [-0.05, 0) is 12.1 Å². The normalized spacial score (nSPS) is 13.3. The summed E-state index contributed by atoms with van der Waals surface area (Å²) in [6.07, 6.45) is -0.410. The minimum absolute atomic E-state index is 0.0434. The molecule has 0 radical (unpaired) electrons. The second kappa shape index (κ2) is 3.82. The van der Waals surface area contributed by atoms with E-state index < -0.39 is 6.10 Å². The lowest BCUT2D eigenvalue weighted by Gasteiger charge is -2.03. The van der Waals surface area contributed by atoms with Crippen LogP contribution >= 0.6 is 0 Å². The van der Waals surface area contributed by atoms with Gasteiger partial charge in [-0.2, -0.15) is 0 Å². The van der Waals surface area contributed by atoms with Gasteiger partial charge >= 0.3 is 0 Å². The van der Waals surface area contributed by atoms with Gasteiger partial charge in [-0.15, -0.1) is 0 Å². The zero-order valence-electron chi connectivity index (χ0n) is 7.68. The summed E-state index contributed by atoms with van der Waals surface area (Å²) in [5.41, 5.74) is 0.763. The lowest BCUT2D eigenvalue weighted by atomic mass is 10.2. The zero-order valence-corrected chi connectivity index (χ0v) is 7.68. The molecule has 0 bridgehead atoms. The Balaban J connectivity index is 2.35. The molecule has 0 aliphatic rings. The van der Waals surface area contributed by atoms with Gasteiger partial charge in [0, 0.05) is 18.4 Å². The van der Waals surface area contributed by atoms with Crippen molar-refractivity contribution in [1.29, 1.82) is 0 Å². The summed E-state index contributed by atoms with van der Waals surface area (Å²) >= 11 is 0. The minimum Gasteiger partial charge on any atom is -0.458 e. The van der Waals surface area contributed by atoms with Crippen LogP contribution in [0.4, 0.5) is 0 Å². The molecule has 0 aliphatic carbocycles. The zero-order chi connectivity index (χ0) is 9.97. The third-order valence-electron chi connectivity index (χ3n) is 2.18. The van der Waals surface area contributed by atoms with E-state index in [0.29, 0.717) is 12.2 Å². The number of fused-ring (bicyclic) bond motifs is 1. The average molecular weight is 192 g/mol. The van der Waals surface area contributed by atoms with Crippen molar-refractivity contribution in [3.05, 3.63) is 36.1 Å². The van der Waals surface area contributed by atoms with Crippen LogP contribution in [0.25, 0.3) is 11.0 Å². The lowest BCUT2D eigenvalue weighted by molar-refractivity contribution is 0.115. The molecule has 0 saturated carbocycles. The first-order chi connectivity index (χ1) is 6.81. The quantitative estimate of drug-likeness (QED) is 0.780. The largest absolute Gasteiger partial charge is 0.458 e. The van der Waals surface area contributed by atoms with Crippen LogP contribution in [0.15, 0.2) is 34.7 Å². The van der Waals surface area contributed by atoms with Crippen LogP contribution in [0.5, 0.6) is 0 Å². The number of aliphatic hydroxyl groups excluding tert-OH is 2. The molecule has 1 heterocycles. The first-order valence-electron chi connectivity index (χ1n) is 4.58. The molecule has 2 aromatic rings. The van der Waals surface area contributed by atoms with Crippen LogP contribution in [0.3, 0.4) is 0 Å². The molecule has 0 amide bonds. The van der Waals surface area contributed by atoms with E-state index in [9.17, 15) is 5.11 Å². The maximum absolute atomic E-state index is 9.57. The van der Waals surface area contributed by atoms with Crippen LogP contribution in [0, 0.1) is 0 Å². The highest BCUT2D eigenvalue weighted by atomic mass is 16.4. The molecular formula is C11H12O3. The molecule has 1 atom stereocenters. The van der Waals surface area contributed by atoms with Crippen molar-refractivity contribution in [3.63, 3.8) is 0 Å². The molecular weight excluding hydrogens is 180 g/mol.